The molecule has 2 aromatic rings. The normalized spacial score (nSPS) is 14.6. The second kappa shape index (κ2) is 4.97. The van der Waals surface area contributed by atoms with Crippen molar-refractivity contribution in [2.24, 2.45) is 0 Å². The Morgan fingerprint density at radius 2 is 2.20 bits per heavy atom. The van der Waals surface area contributed by atoms with Crippen molar-refractivity contribution in [1.29, 1.82) is 0 Å². The maximum absolute atomic E-state index is 13.6. The van der Waals surface area contributed by atoms with E-state index in [9.17, 15) is 9.18 Å². The topological polar surface area (TPSA) is 60.7 Å². The number of aromatic nitrogens is 4. The second-order valence-electron chi connectivity index (χ2n) is 4.89. The SMILES string of the molecule is CC(=O)c1cc(F)c(C)cc1Sc1nnnn1C1CC1. The van der Waals surface area contributed by atoms with Crippen LogP contribution in [0.5, 0.6) is 0 Å². The van der Waals surface area contributed by atoms with Gasteiger partial charge in [0, 0.05) is 10.5 Å². The van der Waals surface area contributed by atoms with Crippen molar-refractivity contribution in [1.82, 2.24) is 20.2 Å². The van der Waals surface area contributed by atoms with Crippen LogP contribution < -0.4 is 0 Å². The fraction of sp³-hybridized carbons (Fsp3) is 0.385. The first kappa shape index (κ1) is 13.2. The fourth-order valence-corrected chi connectivity index (χ4v) is 3.02. The molecule has 0 atom stereocenters. The summed E-state index contributed by atoms with van der Waals surface area (Å²) in [7, 11) is 0. The van der Waals surface area contributed by atoms with E-state index >= 15 is 0 Å². The first-order chi connectivity index (χ1) is 9.56. The van der Waals surface area contributed by atoms with E-state index in [0.717, 1.165) is 12.8 Å². The van der Waals surface area contributed by atoms with E-state index in [0.29, 0.717) is 27.2 Å². The molecule has 5 nitrogen and oxygen atoms in total. The van der Waals surface area contributed by atoms with Gasteiger partial charge in [-0.1, -0.05) is 0 Å². The van der Waals surface area contributed by atoms with Crippen LogP contribution in [0.3, 0.4) is 0 Å². The third-order valence-electron chi connectivity index (χ3n) is 3.20. The van der Waals surface area contributed by atoms with E-state index in [1.54, 1.807) is 17.7 Å². The van der Waals surface area contributed by atoms with Crippen molar-refractivity contribution in [3.63, 3.8) is 0 Å². The number of hydrogen-bond acceptors (Lipinski definition) is 5. The van der Waals surface area contributed by atoms with Gasteiger partial charge in [-0.2, -0.15) is 0 Å². The third-order valence-corrected chi connectivity index (χ3v) is 4.21. The van der Waals surface area contributed by atoms with Gasteiger partial charge < -0.3 is 0 Å². The van der Waals surface area contributed by atoms with Gasteiger partial charge in [-0.15, -0.1) is 5.10 Å². The third kappa shape index (κ3) is 2.45. The quantitative estimate of drug-likeness (QED) is 0.811. The highest BCUT2D eigenvalue weighted by molar-refractivity contribution is 7.99. The molecule has 20 heavy (non-hydrogen) atoms. The lowest BCUT2D eigenvalue weighted by molar-refractivity contribution is 0.101. The van der Waals surface area contributed by atoms with Gasteiger partial charge in [-0.05, 0) is 66.6 Å². The van der Waals surface area contributed by atoms with Crippen LogP contribution in [-0.2, 0) is 0 Å². The van der Waals surface area contributed by atoms with Gasteiger partial charge in [-0.3, -0.25) is 4.79 Å². The summed E-state index contributed by atoms with van der Waals surface area (Å²) in [6.07, 6.45) is 2.14. The molecule has 0 amide bonds. The van der Waals surface area contributed by atoms with E-state index in [2.05, 4.69) is 15.5 Å². The van der Waals surface area contributed by atoms with Crippen molar-refractivity contribution in [3.8, 4) is 0 Å². The molecule has 0 unspecified atom stereocenters. The van der Waals surface area contributed by atoms with Gasteiger partial charge in [0.05, 0.1) is 6.04 Å². The summed E-state index contributed by atoms with van der Waals surface area (Å²) in [5, 5.41) is 12.3. The van der Waals surface area contributed by atoms with Crippen molar-refractivity contribution in [2.75, 3.05) is 0 Å². The summed E-state index contributed by atoms with van der Waals surface area (Å²) in [4.78, 5) is 12.3. The average Bonchev–Trinajstić information content (AvgIpc) is 3.14. The van der Waals surface area contributed by atoms with Gasteiger partial charge in [0.2, 0.25) is 5.16 Å². The van der Waals surface area contributed by atoms with Crippen LogP contribution in [0.2, 0.25) is 0 Å². The number of ketones is 1. The van der Waals surface area contributed by atoms with Crippen LogP contribution >= 0.6 is 11.8 Å². The zero-order chi connectivity index (χ0) is 14.3. The van der Waals surface area contributed by atoms with E-state index in [1.165, 1.54) is 24.8 Å². The molecule has 0 aliphatic heterocycles. The second-order valence-corrected chi connectivity index (χ2v) is 5.90. The van der Waals surface area contributed by atoms with E-state index in [-0.39, 0.29) is 11.6 Å². The molecule has 1 fully saturated rings. The minimum atomic E-state index is -0.374. The molecule has 7 heteroatoms. The largest absolute Gasteiger partial charge is 0.294 e. The molecule has 0 bridgehead atoms. The number of benzene rings is 1. The van der Waals surface area contributed by atoms with E-state index in [1.807, 2.05) is 0 Å². The maximum atomic E-state index is 13.6. The van der Waals surface area contributed by atoms with Gasteiger partial charge in [0.1, 0.15) is 5.82 Å². The molecule has 1 aromatic heterocycles. The van der Waals surface area contributed by atoms with Crippen LogP contribution in [-0.4, -0.2) is 26.0 Å². The Balaban J connectivity index is 1.99. The summed E-state index contributed by atoms with van der Waals surface area (Å²) >= 11 is 1.31. The molecule has 0 spiro atoms. The minimum absolute atomic E-state index is 0.170. The average molecular weight is 292 g/mol. The molecule has 0 saturated heterocycles. The summed E-state index contributed by atoms with van der Waals surface area (Å²) in [6, 6.07) is 3.31. The van der Waals surface area contributed by atoms with Crippen LogP contribution in [0.15, 0.2) is 22.2 Å². The molecular formula is C13H13FN4OS. The number of rotatable bonds is 4. The highest BCUT2D eigenvalue weighted by atomic mass is 32.2. The monoisotopic (exact) mass is 292 g/mol. The first-order valence-corrected chi connectivity index (χ1v) is 7.14. The smallest absolute Gasteiger partial charge is 0.214 e. The Morgan fingerprint density at radius 1 is 1.45 bits per heavy atom. The molecule has 3 rings (SSSR count). The first-order valence-electron chi connectivity index (χ1n) is 6.33. The number of nitrogens with zero attached hydrogens (tertiary/aromatic N) is 4. The van der Waals surface area contributed by atoms with Crippen molar-refractivity contribution in [2.45, 2.75) is 42.8 Å². The highest BCUT2D eigenvalue weighted by Gasteiger charge is 2.28. The number of carbonyl (C=O) groups is 1. The summed E-state index contributed by atoms with van der Waals surface area (Å²) in [5.41, 5.74) is 0.867. The molecule has 1 heterocycles. The maximum Gasteiger partial charge on any atom is 0.214 e. The standard InChI is InChI=1S/C13H13FN4OS/c1-7-5-12(10(8(2)19)6-11(7)14)20-13-15-16-17-18(13)9-3-4-9/h5-6,9H,3-4H2,1-2H3. The van der Waals surface area contributed by atoms with Crippen LogP contribution in [0.1, 0.15) is 41.7 Å². The highest BCUT2D eigenvalue weighted by Crippen LogP contribution is 2.39. The molecule has 0 N–H and O–H groups in total. The fourth-order valence-electron chi connectivity index (χ4n) is 1.91. The van der Waals surface area contributed by atoms with Crippen molar-refractivity contribution in [3.05, 3.63) is 29.1 Å². The molecule has 1 saturated carbocycles. The number of hydrogen-bond donors (Lipinski definition) is 0. The lowest BCUT2D eigenvalue weighted by Gasteiger charge is -2.08. The molecule has 1 aliphatic rings. The van der Waals surface area contributed by atoms with Gasteiger partial charge in [-0.25, -0.2) is 9.07 Å². The Labute approximate surface area is 119 Å². The number of halogens is 1. The number of tetrazole rings is 1. The predicted octanol–water partition coefficient (Wildman–Crippen LogP) is 2.81. The molecule has 0 radical (unpaired) electrons. The van der Waals surface area contributed by atoms with Crippen LogP contribution in [0.4, 0.5) is 4.39 Å². The van der Waals surface area contributed by atoms with Crippen LogP contribution in [0, 0.1) is 12.7 Å². The van der Waals surface area contributed by atoms with E-state index in [4.69, 9.17) is 0 Å². The van der Waals surface area contributed by atoms with E-state index < -0.39 is 0 Å². The number of carbonyl (C=O) groups excluding carboxylic acids is 1. The number of aryl methyl sites for hydroxylation is 1. The molecule has 1 aromatic carbocycles. The Morgan fingerprint density at radius 3 is 2.85 bits per heavy atom. The zero-order valence-corrected chi connectivity index (χ0v) is 11.9. The van der Waals surface area contributed by atoms with Gasteiger partial charge >= 0.3 is 0 Å². The Hall–Kier alpha value is -1.76. The van der Waals surface area contributed by atoms with Crippen LogP contribution in [0.25, 0.3) is 0 Å². The summed E-state index contributed by atoms with van der Waals surface area (Å²) < 4.78 is 15.4. The lowest BCUT2D eigenvalue weighted by Crippen LogP contribution is -2.01. The Kier molecular flexibility index (Phi) is 3.29. The lowest BCUT2D eigenvalue weighted by atomic mass is 10.1. The number of Topliss-reactive ketones (excluding diaryl/α,β-unsaturated/α-hetero) is 1. The summed E-state index contributed by atoms with van der Waals surface area (Å²) in [5.74, 6) is -0.543. The Bertz CT molecular complexity index is 681. The zero-order valence-electron chi connectivity index (χ0n) is 11.1. The summed E-state index contributed by atoms with van der Waals surface area (Å²) in [6.45, 7) is 3.10. The van der Waals surface area contributed by atoms with Gasteiger partial charge in [0.15, 0.2) is 5.78 Å². The minimum Gasteiger partial charge on any atom is -0.294 e. The molecule has 104 valence electrons. The predicted molar refractivity (Wildman–Crippen MR) is 71.4 cm³/mol. The van der Waals surface area contributed by atoms with Crippen molar-refractivity contribution < 1.29 is 9.18 Å². The molecule has 1 aliphatic carbocycles. The molecular weight excluding hydrogens is 279 g/mol. The van der Waals surface area contributed by atoms with Gasteiger partial charge in [0.25, 0.3) is 0 Å². The van der Waals surface area contributed by atoms with Crippen molar-refractivity contribution >= 4 is 17.5 Å².